The summed E-state index contributed by atoms with van der Waals surface area (Å²) in [4.78, 5) is 28.2. The fourth-order valence-corrected chi connectivity index (χ4v) is 6.33. The third-order valence-electron chi connectivity index (χ3n) is 7.28. The van der Waals surface area contributed by atoms with Crippen LogP contribution in [0.3, 0.4) is 0 Å². The van der Waals surface area contributed by atoms with Crippen LogP contribution in [0.15, 0.2) is 17.8 Å². The van der Waals surface area contributed by atoms with Gasteiger partial charge in [0.25, 0.3) is 0 Å². The lowest BCUT2D eigenvalue weighted by Gasteiger charge is -2.42. The first-order valence-electron chi connectivity index (χ1n) is 11.6. The van der Waals surface area contributed by atoms with Crippen LogP contribution in [0.1, 0.15) is 51.4 Å². The summed E-state index contributed by atoms with van der Waals surface area (Å²) in [6.45, 7) is 4.46. The highest BCUT2D eigenvalue weighted by atomic mass is 32.1. The number of ether oxygens (including phenoxy) is 1. The zero-order valence-electron chi connectivity index (χ0n) is 17.7. The number of nitrogens with zero attached hydrogens (tertiary/aromatic N) is 4. The molecular formula is C23H32N4O2S. The number of fused-ring (bicyclic) bond motifs is 1. The SMILES string of the molecule is O=C(C1CCOCC1)N1CCCCCC1C1CCN(c2ncnc3sccc23)CC1. The Bertz CT molecular complexity index is 858. The second-order valence-corrected chi connectivity index (χ2v) is 9.89. The van der Waals surface area contributed by atoms with Gasteiger partial charge in [-0.25, -0.2) is 9.97 Å². The van der Waals surface area contributed by atoms with Crippen LogP contribution in [-0.4, -0.2) is 59.7 Å². The molecule has 0 spiro atoms. The molecular weight excluding hydrogens is 396 g/mol. The number of rotatable bonds is 3. The van der Waals surface area contributed by atoms with Crippen LogP contribution in [0.4, 0.5) is 5.82 Å². The standard InChI is InChI=1S/C23H32N4O2S/c28-23(18-7-13-29-14-8-18)27-10-3-1-2-4-20(27)17-5-11-26(12-6-17)21-19-9-15-30-22(19)25-16-24-21/h9,15-18,20H,1-8,10-14H2. The van der Waals surface area contributed by atoms with E-state index in [4.69, 9.17) is 4.74 Å². The minimum absolute atomic E-state index is 0.173. The van der Waals surface area contributed by atoms with Crippen molar-refractivity contribution < 1.29 is 9.53 Å². The van der Waals surface area contributed by atoms with Crippen LogP contribution in [0, 0.1) is 11.8 Å². The van der Waals surface area contributed by atoms with E-state index in [9.17, 15) is 4.79 Å². The lowest BCUT2D eigenvalue weighted by molar-refractivity contribution is -0.142. The lowest BCUT2D eigenvalue weighted by Crippen LogP contribution is -2.50. The van der Waals surface area contributed by atoms with E-state index < -0.39 is 0 Å². The maximum atomic E-state index is 13.4. The minimum Gasteiger partial charge on any atom is -0.381 e. The van der Waals surface area contributed by atoms with E-state index in [1.807, 2.05) is 0 Å². The summed E-state index contributed by atoms with van der Waals surface area (Å²) in [7, 11) is 0. The Kier molecular flexibility index (Phi) is 6.18. The number of hydrogen-bond acceptors (Lipinski definition) is 6. The van der Waals surface area contributed by atoms with Gasteiger partial charge in [-0.05, 0) is 55.9 Å². The van der Waals surface area contributed by atoms with Gasteiger partial charge >= 0.3 is 0 Å². The Morgan fingerprint density at radius 3 is 2.67 bits per heavy atom. The first-order valence-corrected chi connectivity index (χ1v) is 12.5. The zero-order valence-corrected chi connectivity index (χ0v) is 18.5. The minimum atomic E-state index is 0.173. The van der Waals surface area contributed by atoms with Crippen LogP contribution < -0.4 is 4.90 Å². The van der Waals surface area contributed by atoms with Gasteiger partial charge in [0.05, 0.1) is 5.39 Å². The fraction of sp³-hybridized carbons (Fsp3) is 0.696. The van der Waals surface area contributed by atoms with Crippen molar-refractivity contribution >= 4 is 33.3 Å². The van der Waals surface area contributed by atoms with E-state index >= 15 is 0 Å². The predicted octanol–water partition coefficient (Wildman–Crippen LogP) is 4.11. The third-order valence-corrected chi connectivity index (χ3v) is 8.10. The van der Waals surface area contributed by atoms with E-state index in [1.54, 1.807) is 17.7 Å². The average Bonchev–Trinajstić information content (AvgIpc) is 3.16. The van der Waals surface area contributed by atoms with Gasteiger partial charge in [0.2, 0.25) is 5.91 Å². The largest absolute Gasteiger partial charge is 0.381 e. The summed E-state index contributed by atoms with van der Waals surface area (Å²) in [6, 6.07) is 2.55. The second-order valence-electron chi connectivity index (χ2n) is 9.00. The molecule has 3 aliphatic heterocycles. The van der Waals surface area contributed by atoms with Gasteiger partial charge in [-0.2, -0.15) is 0 Å². The highest BCUT2D eigenvalue weighted by molar-refractivity contribution is 7.16. The molecule has 30 heavy (non-hydrogen) atoms. The second kappa shape index (κ2) is 9.18. The molecule has 7 heteroatoms. The van der Waals surface area contributed by atoms with E-state index in [-0.39, 0.29) is 5.92 Å². The van der Waals surface area contributed by atoms with Gasteiger partial charge in [-0.3, -0.25) is 4.79 Å². The summed E-state index contributed by atoms with van der Waals surface area (Å²) in [5.74, 6) is 2.26. The molecule has 0 saturated carbocycles. The number of carbonyl (C=O) groups is 1. The summed E-state index contributed by atoms with van der Waals surface area (Å²) in [5, 5.41) is 3.27. The van der Waals surface area contributed by atoms with Crippen molar-refractivity contribution in [2.45, 2.75) is 57.4 Å². The molecule has 2 aromatic heterocycles. The smallest absolute Gasteiger partial charge is 0.226 e. The Balaban J connectivity index is 1.28. The first kappa shape index (κ1) is 20.2. The van der Waals surface area contributed by atoms with Gasteiger partial charge in [0.1, 0.15) is 17.0 Å². The van der Waals surface area contributed by atoms with Crippen molar-refractivity contribution in [2.75, 3.05) is 37.7 Å². The number of likely N-dealkylation sites (tertiary alicyclic amines) is 1. The van der Waals surface area contributed by atoms with E-state index in [0.717, 1.165) is 75.6 Å². The van der Waals surface area contributed by atoms with E-state index in [0.29, 0.717) is 17.9 Å². The number of aromatic nitrogens is 2. The number of amides is 1. The van der Waals surface area contributed by atoms with Crippen molar-refractivity contribution in [1.82, 2.24) is 14.9 Å². The molecule has 5 heterocycles. The molecule has 2 aromatic rings. The molecule has 0 aromatic carbocycles. The van der Waals surface area contributed by atoms with Crippen molar-refractivity contribution in [3.63, 3.8) is 0 Å². The van der Waals surface area contributed by atoms with Crippen LogP contribution in [0.5, 0.6) is 0 Å². The fourth-order valence-electron chi connectivity index (χ4n) is 5.60. The maximum Gasteiger partial charge on any atom is 0.226 e. The number of piperidine rings is 1. The third kappa shape index (κ3) is 4.06. The Morgan fingerprint density at radius 1 is 1.00 bits per heavy atom. The molecule has 3 saturated heterocycles. The summed E-state index contributed by atoms with van der Waals surface area (Å²) in [6.07, 6.45) is 10.6. The Hall–Kier alpha value is -1.73. The predicted molar refractivity (Wildman–Crippen MR) is 120 cm³/mol. The van der Waals surface area contributed by atoms with Crippen molar-refractivity contribution in [3.8, 4) is 0 Å². The molecule has 0 bridgehead atoms. The van der Waals surface area contributed by atoms with Crippen LogP contribution in [-0.2, 0) is 9.53 Å². The van der Waals surface area contributed by atoms with Crippen LogP contribution >= 0.6 is 11.3 Å². The zero-order chi connectivity index (χ0) is 20.3. The molecule has 0 N–H and O–H groups in total. The highest BCUT2D eigenvalue weighted by Gasteiger charge is 2.37. The van der Waals surface area contributed by atoms with Crippen molar-refractivity contribution in [1.29, 1.82) is 0 Å². The number of thiophene rings is 1. The van der Waals surface area contributed by atoms with Gasteiger partial charge in [0, 0.05) is 44.8 Å². The summed E-state index contributed by atoms with van der Waals surface area (Å²) in [5.41, 5.74) is 0. The number of anilines is 1. The monoisotopic (exact) mass is 428 g/mol. The molecule has 1 unspecified atom stereocenters. The molecule has 0 radical (unpaired) electrons. The van der Waals surface area contributed by atoms with Crippen molar-refractivity contribution in [2.24, 2.45) is 11.8 Å². The average molecular weight is 429 g/mol. The molecule has 1 amide bonds. The topological polar surface area (TPSA) is 58.6 Å². The molecule has 3 aliphatic rings. The molecule has 0 aliphatic carbocycles. The van der Waals surface area contributed by atoms with E-state index in [2.05, 4.69) is 31.2 Å². The van der Waals surface area contributed by atoms with Gasteiger partial charge in [-0.15, -0.1) is 11.3 Å². The molecule has 1 atom stereocenters. The summed E-state index contributed by atoms with van der Waals surface area (Å²) < 4.78 is 5.50. The lowest BCUT2D eigenvalue weighted by atomic mass is 9.85. The first-order chi connectivity index (χ1) is 14.8. The van der Waals surface area contributed by atoms with Crippen molar-refractivity contribution in [3.05, 3.63) is 17.8 Å². The van der Waals surface area contributed by atoms with Crippen LogP contribution in [0.25, 0.3) is 10.2 Å². The van der Waals surface area contributed by atoms with Crippen LogP contribution in [0.2, 0.25) is 0 Å². The number of carbonyl (C=O) groups excluding carboxylic acids is 1. The highest BCUT2D eigenvalue weighted by Crippen LogP contribution is 2.35. The van der Waals surface area contributed by atoms with Gasteiger partial charge < -0.3 is 14.5 Å². The molecule has 3 fully saturated rings. The summed E-state index contributed by atoms with van der Waals surface area (Å²) >= 11 is 1.68. The van der Waals surface area contributed by atoms with Gasteiger partial charge in [0.15, 0.2) is 0 Å². The molecule has 5 rings (SSSR count). The van der Waals surface area contributed by atoms with Gasteiger partial charge in [-0.1, -0.05) is 12.8 Å². The normalized spacial score (nSPS) is 24.9. The van der Waals surface area contributed by atoms with E-state index in [1.165, 1.54) is 24.6 Å². The molecule has 162 valence electrons. The Labute approximate surface area is 182 Å². The quantitative estimate of drug-likeness (QED) is 0.736. The number of hydrogen-bond donors (Lipinski definition) is 0. The Morgan fingerprint density at radius 2 is 1.83 bits per heavy atom. The molecule has 6 nitrogen and oxygen atoms in total. The maximum absolute atomic E-state index is 13.4.